The van der Waals surface area contributed by atoms with Crippen LogP contribution in [0.1, 0.15) is 27.6 Å². The summed E-state index contributed by atoms with van der Waals surface area (Å²) in [5.41, 5.74) is 2.52. The number of rotatable bonds is 5. The third-order valence-electron chi connectivity index (χ3n) is 3.76. The van der Waals surface area contributed by atoms with Crippen LogP contribution < -0.4 is 14.8 Å². The van der Waals surface area contributed by atoms with E-state index < -0.39 is 0 Å². The molecule has 0 aliphatic rings. The maximum Gasteiger partial charge on any atom is 0.291 e. The van der Waals surface area contributed by atoms with Crippen LogP contribution in [0.4, 0.5) is 0 Å². The number of benzene rings is 1. The molecular weight excluding hydrogens is 322 g/mol. The third-order valence-corrected chi connectivity index (χ3v) is 3.76. The smallest absolute Gasteiger partial charge is 0.291 e. The van der Waals surface area contributed by atoms with Gasteiger partial charge in [0.25, 0.3) is 11.7 Å². The molecule has 1 N–H and O–H groups in total. The summed E-state index contributed by atoms with van der Waals surface area (Å²) in [4.78, 5) is 20.8. The van der Waals surface area contributed by atoms with Gasteiger partial charge in [-0.15, -0.1) is 5.10 Å². The standard InChI is InChI=1S/C17H19N5O3/c1-10-7-11(2)22-17(19-10)20-15(21-22)16(23)18-9-12-5-6-13(24-3)8-14(12)25-4/h5-8H,9H2,1-4H3,(H,18,23). The van der Waals surface area contributed by atoms with Crippen molar-refractivity contribution in [3.05, 3.63) is 47.0 Å². The summed E-state index contributed by atoms with van der Waals surface area (Å²) in [7, 11) is 3.16. The second-order valence-corrected chi connectivity index (χ2v) is 5.55. The Labute approximate surface area is 144 Å². The molecule has 0 unspecified atom stereocenters. The predicted octanol–water partition coefficient (Wildman–Crippen LogP) is 1.69. The van der Waals surface area contributed by atoms with Gasteiger partial charge >= 0.3 is 0 Å². The summed E-state index contributed by atoms with van der Waals surface area (Å²) >= 11 is 0. The van der Waals surface area contributed by atoms with Gasteiger partial charge in [-0.2, -0.15) is 4.98 Å². The summed E-state index contributed by atoms with van der Waals surface area (Å²) in [6.07, 6.45) is 0. The highest BCUT2D eigenvalue weighted by atomic mass is 16.5. The Morgan fingerprint density at radius 3 is 2.68 bits per heavy atom. The molecule has 2 aromatic heterocycles. The largest absolute Gasteiger partial charge is 0.497 e. The molecule has 0 spiro atoms. The number of amides is 1. The van der Waals surface area contributed by atoms with Gasteiger partial charge in [-0.25, -0.2) is 9.50 Å². The van der Waals surface area contributed by atoms with Gasteiger partial charge in [0.05, 0.1) is 14.2 Å². The lowest BCUT2D eigenvalue weighted by atomic mass is 10.2. The summed E-state index contributed by atoms with van der Waals surface area (Å²) in [5.74, 6) is 1.43. The number of hydrogen-bond acceptors (Lipinski definition) is 6. The molecule has 1 amide bonds. The first-order valence-corrected chi connectivity index (χ1v) is 7.72. The molecular formula is C17H19N5O3. The van der Waals surface area contributed by atoms with E-state index in [1.165, 1.54) is 0 Å². The molecule has 25 heavy (non-hydrogen) atoms. The number of fused-ring (bicyclic) bond motifs is 1. The van der Waals surface area contributed by atoms with Crippen molar-refractivity contribution in [3.8, 4) is 11.5 Å². The fraction of sp³-hybridized carbons (Fsp3) is 0.294. The average Bonchev–Trinajstić information content (AvgIpc) is 3.03. The van der Waals surface area contributed by atoms with E-state index in [0.717, 1.165) is 17.0 Å². The van der Waals surface area contributed by atoms with Crippen LogP contribution in [0, 0.1) is 13.8 Å². The number of aryl methyl sites for hydroxylation is 2. The average molecular weight is 341 g/mol. The van der Waals surface area contributed by atoms with Gasteiger partial charge in [-0.1, -0.05) is 0 Å². The number of carbonyl (C=O) groups is 1. The molecule has 1 aromatic carbocycles. The fourth-order valence-electron chi connectivity index (χ4n) is 2.51. The Balaban J connectivity index is 1.78. The van der Waals surface area contributed by atoms with Crippen LogP contribution in [0.3, 0.4) is 0 Å². The molecule has 0 radical (unpaired) electrons. The van der Waals surface area contributed by atoms with E-state index >= 15 is 0 Å². The Kier molecular flexibility index (Phi) is 4.51. The maximum atomic E-state index is 12.4. The summed E-state index contributed by atoms with van der Waals surface area (Å²) in [6, 6.07) is 7.29. The van der Waals surface area contributed by atoms with Crippen molar-refractivity contribution in [2.45, 2.75) is 20.4 Å². The van der Waals surface area contributed by atoms with Crippen LogP contribution in [0.15, 0.2) is 24.3 Å². The number of carbonyl (C=O) groups excluding carboxylic acids is 1. The lowest BCUT2D eigenvalue weighted by Gasteiger charge is -2.10. The Morgan fingerprint density at radius 1 is 1.16 bits per heavy atom. The Morgan fingerprint density at radius 2 is 1.96 bits per heavy atom. The van der Waals surface area contributed by atoms with E-state index in [1.54, 1.807) is 24.8 Å². The maximum absolute atomic E-state index is 12.4. The topological polar surface area (TPSA) is 90.6 Å². The zero-order chi connectivity index (χ0) is 18.0. The number of hydrogen-bond donors (Lipinski definition) is 1. The first kappa shape index (κ1) is 16.7. The number of ether oxygens (including phenoxy) is 2. The minimum Gasteiger partial charge on any atom is -0.497 e. The monoisotopic (exact) mass is 341 g/mol. The fourth-order valence-corrected chi connectivity index (χ4v) is 2.51. The van der Waals surface area contributed by atoms with Gasteiger partial charge in [0.2, 0.25) is 5.82 Å². The molecule has 130 valence electrons. The van der Waals surface area contributed by atoms with Gasteiger partial charge in [0.15, 0.2) is 0 Å². The number of nitrogens with zero attached hydrogens (tertiary/aromatic N) is 4. The predicted molar refractivity (Wildman–Crippen MR) is 91.0 cm³/mol. The van der Waals surface area contributed by atoms with Crippen molar-refractivity contribution in [3.63, 3.8) is 0 Å². The lowest BCUT2D eigenvalue weighted by Crippen LogP contribution is -2.24. The van der Waals surface area contributed by atoms with Gasteiger partial charge < -0.3 is 14.8 Å². The van der Waals surface area contributed by atoms with Gasteiger partial charge in [-0.05, 0) is 32.0 Å². The lowest BCUT2D eigenvalue weighted by molar-refractivity contribution is 0.0940. The first-order chi connectivity index (χ1) is 12.0. The zero-order valence-electron chi connectivity index (χ0n) is 14.5. The third kappa shape index (κ3) is 3.37. The van der Waals surface area contributed by atoms with Crippen molar-refractivity contribution in [2.75, 3.05) is 14.2 Å². The Bertz CT molecular complexity index is 935. The van der Waals surface area contributed by atoms with E-state index in [2.05, 4.69) is 20.4 Å². The molecule has 0 saturated carbocycles. The van der Waals surface area contributed by atoms with Crippen LogP contribution >= 0.6 is 0 Å². The molecule has 0 saturated heterocycles. The number of methoxy groups -OCH3 is 2. The normalized spacial score (nSPS) is 10.7. The second-order valence-electron chi connectivity index (χ2n) is 5.55. The van der Waals surface area contributed by atoms with Crippen molar-refractivity contribution in [2.24, 2.45) is 0 Å². The minimum absolute atomic E-state index is 0.0775. The minimum atomic E-state index is -0.375. The molecule has 8 nitrogen and oxygen atoms in total. The first-order valence-electron chi connectivity index (χ1n) is 7.72. The van der Waals surface area contributed by atoms with Crippen molar-refractivity contribution in [1.82, 2.24) is 24.9 Å². The van der Waals surface area contributed by atoms with Gasteiger partial charge in [-0.3, -0.25) is 4.79 Å². The second kappa shape index (κ2) is 6.76. The summed E-state index contributed by atoms with van der Waals surface area (Å²) in [6.45, 7) is 4.05. The van der Waals surface area contributed by atoms with Crippen LogP contribution in [0.2, 0.25) is 0 Å². The van der Waals surface area contributed by atoms with E-state index in [-0.39, 0.29) is 18.3 Å². The SMILES string of the molecule is COc1ccc(CNC(=O)c2nc3nc(C)cc(C)n3n2)c(OC)c1. The molecule has 0 bridgehead atoms. The van der Waals surface area contributed by atoms with Gasteiger partial charge in [0.1, 0.15) is 11.5 Å². The zero-order valence-corrected chi connectivity index (χ0v) is 14.5. The molecule has 8 heteroatoms. The molecule has 3 rings (SSSR count). The van der Waals surface area contributed by atoms with Gasteiger partial charge in [0, 0.05) is 29.6 Å². The molecule has 3 aromatic rings. The van der Waals surface area contributed by atoms with E-state index in [4.69, 9.17) is 9.47 Å². The molecule has 0 atom stereocenters. The van der Waals surface area contributed by atoms with Crippen molar-refractivity contribution in [1.29, 1.82) is 0 Å². The highest BCUT2D eigenvalue weighted by Crippen LogP contribution is 2.24. The molecule has 0 aliphatic heterocycles. The van der Waals surface area contributed by atoms with E-state index in [9.17, 15) is 4.79 Å². The Hall–Kier alpha value is -3.16. The van der Waals surface area contributed by atoms with Crippen LogP contribution in [-0.4, -0.2) is 39.7 Å². The molecule has 0 fully saturated rings. The van der Waals surface area contributed by atoms with Crippen molar-refractivity contribution < 1.29 is 14.3 Å². The van der Waals surface area contributed by atoms with Crippen LogP contribution in [-0.2, 0) is 6.54 Å². The number of aromatic nitrogens is 4. The molecule has 2 heterocycles. The van der Waals surface area contributed by atoms with E-state index in [0.29, 0.717) is 17.3 Å². The highest BCUT2D eigenvalue weighted by molar-refractivity contribution is 5.90. The van der Waals surface area contributed by atoms with Crippen LogP contribution in [0.25, 0.3) is 5.78 Å². The summed E-state index contributed by atoms with van der Waals surface area (Å²) < 4.78 is 12.0. The molecule has 0 aliphatic carbocycles. The van der Waals surface area contributed by atoms with Crippen molar-refractivity contribution >= 4 is 11.7 Å². The van der Waals surface area contributed by atoms with Crippen LogP contribution in [0.5, 0.6) is 11.5 Å². The van der Waals surface area contributed by atoms with E-state index in [1.807, 2.05) is 32.0 Å². The quantitative estimate of drug-likeness (QED) is 0.759. The highest BCUT2D eigenvalue weighted by Gasteiger charge is 2.15. The number of nitrogens with one attached hydrogen (secondary N) is 1. The summed E-state index contributed by atoms with van der Waals surface area (Å²) in [5, 5.41) is 7.01.